The summed E-state index contributed by atoms with van der Waals surface area (Å²) >= 11 is 0. The molecular formula is C6H13N3O. The van der Waals surface area contributed by atoms with E-state index in [2.05, 4.69) is 18.0 Å². The Bertz CT molecular complexity index is 116. The van der Waals surface area contributed by atoms with Crippen LogP contribution in [0.4, 0.5) is 4.79 Å². The number of primary amides is 2. The Morgan fingerprint density at radius 3 is 2.00 bits per heavy atom. The van der Waals surface area contributed by atoms with Gasteiger partial charge in [-0.15, -0.1) is 6.58 Å². The standard InChI is InChI=1S/C5H9N.CH4N2O/c1-2-3-4-5-6;2-1(3)4/h2,4-5H,1,3,6H2;(H4,2,3,4). The smallest absolute Gasteiger partial charge is 0.309 e. The molecule has 58 valence electrons. The summed E-state index contributed by atoms with van der Waals surface area (Å²) in [6.07, 6.45) is 6.02. The summed E-state index contributed by atoms with van der Waals surface area (Å²) in [6.45, 7) is 3.49. The van der Waals surface area contributed by atoms with E-state index in [0.29, 0.717) is 0 Å². The van der Waals surface area contributed by atoms with Crippen molar-refractivity contribution in [3.05, 3.63) is 24.9 Å². The highest BCUT2D eigenvalue weighted by atomic mass is 16.2. The molecule has 2 amide bonds. The van der Waals surface area contributed by atoms with Crippen LogP contribution in [0.15, 0.2) is 24.9 Å². The van der Waals surface area contributed by atoms with E-state index in [1.165, 1.54) is 6.20 Å². The zero-order valence-electron chi connectivity index (χ0n) is 5.79. The molecule has 0 saturated heterocycles. The van der Waals surface area contributed by atoms with Crippen molar-refractivity contribution in [2.45, 2.75) is 6.42 Å². The van der Waals surface area contributed by atoms with Gasteiger partial charge in [0.25, 0.3) is 0 Å². The summed E-state index contributed by atoms with van der Waals surface area (Å²) in [5.74, 6) is 0. The van der Waals surface area contributed by atoms with Crippen molar-refractivity contribution < 1.29 is 4.79 Å². The minimum Gasteiger partial charge on any atom is -0.405 e. The lowest BCUT2D eigenvalue weighted by atomic mass is 10.4. The number of urea groups is 1. The maximum atomic E-state index is 9.00. The number of rotatable bonds is 2. The molecule has 0 heterocycles. The minimum atomic E-state index is -0.833. The molecule has 0 aromatic carbocycles. The van der Waals surface area contributed by atoms with Crippen LogP contribution < -0.4 is 17.2 Å². The summed E-state index contributed by atoms with van der Waals surface area (Å²) in [5, 5.41) is 0. The number of hydrogen-bond donors (Lipinski definition) is 3. The fraction of sp³-hybridized carbons (Fsp3) is 0.167. The highest BCUT2D eigenvalue weighted by Crippen LogP contribution is 1.76. The summed E-state index contributed by atoms with van der Waals surface area (Å²) in [4.78, 5) is 9.00. The molecule has 6 N–H and O–H groups in total. The van der Waals surface area contributed by atoms with Crippen molar-refractivity contribution in [1.29, 1.82) is 0 Å². The zero-order valence-corrected chi connectivity index (χ0v) is 5.79. The third-order valence-electron chi connectivity index (χ3n) is 0.439. The van der Waals surface area contributed by atoms with E-state index in [1.54, 1.807) is 6.08 Å². The van der Waals surface area contributed by atoms with E-state index in [4.69, 9.17) is 10.5 Å². The number of carbonyl (C=O) groups excluding carboxylic acids is 1. The Kier molecular flexibility index (Phi) is 11.9. The number of amides is 2. The first-order valence-electron chi connectivity index (χ1n) is 2.67. The van der Waals surface area contributed by atoms with E-state index in [1.807, 2.05) is 6.08 Å². The topological polar surface area (TPSA) is 95.1 Å². The van der Waals surface area contributed by atoms with Crippen molar-refractivity contribution in [1.82, 2.24) is 0 Å². The second-order valence-corrected chi connectivity index (χ2v) is 1.35. The fourth-order valence-electron chi connectivity index (χ4n) is 0.175. The Labute approximate surface area is 60.4 Å². The molecule has 4 nitrogen and oxygen atoms in total. The van der Waals surface area contributed by atoms with Crippen LogP contribution in [0.2, 0.25) is 0 Å². The predicted molar refractivity (Wildman–Crippen MR) is 41.9 cm³/mol. The van der Waals surface area contributed by atoms with Gasteiger partial charge in [0.2, 0.25) is 0 Å². The average molecular weight is 143 g/mol. The summed E-state index contributed by atoms with van der Waals surface area (Å²) in [7, 11) is 0. The van der Waals surface area contributed by atoms with Gasteiger partial charge >= 0.3 is 6.03 Å². The lowest BCUT2D eigenvalue weighted by Gasteiger charge is -1.70. The van der Waals surface area contributed by atoms with Crippen molar-refractivity contribution >= 4 is 6.03 Å². The van der Waals surface area contributed by atoms with Crippen LogP contribution in [0.5, 0.6) is 0 Å². The number of allylic oxidation sites excluding steroid dienone is 2. The molecule has 0 unspecified atom stereocenters. The molecule has 0 fully saturated rings. The lowest BCUT2D eigenvalue weighted by molar-refractivity contribution is 0.256. The fourth-order valence-corrected chi connectivity index (χ4v) is 0.175. The Morgan fingerprint density at radius 2 is 1.90 bits per heavy atom. The van der Waals surface area contributed by atoms with Crippen LogP contribution in [0.3, 0.4) is 0 Å². The van der Waals surface area contributed by atoms with E-state index in [0.717, 1.165) is 6.42 Å². The summed E-state index contributed by atoms with van der Waals surface area (Å²) in [5.41, 5.74) is 13.5. The largest absolute Gasteiger partial charge is 0.405 e. The van der Waals surface area contributed by atoms with Gasteiger partial charge in [0.1, 0.15) is 0 Å². The van der Waals surface area contributed by atoms with Gasteiger partial charge in [-0.2, -0.15) is 0 Å². The molecule has 0 spiro atoms. The molecule has 4 heteroatoms. The third kappa shape index (κ3) is 84.0. The first-order chi connectivity index (χ1) is 4.65. The molecule has 0 saturated carbocycles. The van der Waals surface area contributed by atoms with Crippen LogP contribution in [0.1, 0.15) is 6.42 Å². The van der Waals surface area contributed by atoms with E-state index in [-0.39, 0.29) is 0 Å². The van der Waals surface area contributed by atoms with Gasteiger partial charge in [-0.3, -0.25) is 0 Å². The highest BCUT2D eigenvalue weighted by molar-refractivity contribution is 5.69. The molecule has 0 aromatic rings. The second kappa shape index (κ2) is 10.5. The second-order valence-electron chi connectivity index (χ2n) is 1.35. The molecule has 0 aromatic heterocycles. The van der Waals surface area contributed by atoms with Crippen molar-refractivity contribution in [2.24, 2.45) is 17.2 Å². The quantitative estimate of drug-likeness (QED) is 0.476. The number of hydrogen-bond acceptors (Lipinski definition) is 2. The molecule has 0 aliphatic carbocycles. The normalized spacial score (nSPS) is 8.00. The van der Waals surface area contributed by atoms with Crippen molar-refractivity contribution in [2.75, 3.05) is 0 Å². The van der Waals surface area contributed by atoms with Crippen molar-refractivity contribution in [3.63, 3.8) is 0 Å². The molecule has 0 radical (unpaired) electrons. The minimum absolute atomic E-state index is 0.833. The monoisotopic (exact) mass is 143 g/mol. The van der Waals surface area contributed by atoms with Gasteiger partial charge in [0.15, 0.2) is 0 Å². The van der Waals surface area contributed by atoms with E-state index >= 15 is 0 Å². The average Bonchev–Trinajstić information content (AvgIpc) is 1.82. The Morgan fingerprint density at radius 1 is 1.50 bits per heavy atom. The molecular weight excluding hydrogens is 130 g/mol. The zero-order chi connectivity index (χ0) is 8.41. The van der Waals surface area contributed by atoms with Crippen LogP contribution in [-0.4, -0.2) is 6.03 Å². The van der Waals surface area contributed by atoms with E-state index < -0.39 is 6.03 Å². The molecule has 0 aliphatic rings. The predicted octanol–water partition coefficient (Wildman–Crippen LogP) is 0.0587. The van der Waals surface area contributed by atoms with Gasteiger partial charge < -0.3 is 17.2 Å². The molecule has 0 bridgehead atoms. The Hall–Kier alpha value is -1.45. The highest BCUT2D eigenvalue weighted by Gasteiger charge is 1.60. The van der Waals surface area contributed by atoms with Crippen LogP contribution in [-0.2, 0) is 0 Å². The first kappa shape index (κ1) is 11.4. The molecule has 0 atom stereocenters. The van der Waals surface area contributed by atoms with Crippen LogP contribution in [0, 0.1) is 0 Å². The SMILES string of the molecule is C=CCC=CN.NC(N)=O. The van der Waals surface area contributed by atoms with Gasteiger partial charge in [0, 0.05) is 0 Å². The van der Waals surface area contributed by atoms with Gasteiger partial charge in [-0.1, -0.05) is 12.2 Å². The summed E-state index contributed by atoms with van der Waals surface area (Å²) < 4.78 is 0. The van der Waals surface area contributed by atoms with Crippen LogP contribution >= 0.6 is 0 Å². The van der Waals surface area contributed by atoms with Gasteiger partial charge in [-0.25, -0.2) is 4.79 Å². The van der Waals surface area contributed by atoms with Gasteiger partial charge in [-0.05, 0) is 12.6 Å². The first-order valence-corrected chi connectivity index (χ1v) is 2.67. The molecule has 0 aliphatic heterocycles. The Balaban J connectivity index is 0. The number of carbonyl (C=O) groups is 1. The van der Waals surface area contributed by atoms with Gasteiger partial charge in [0.05, 0.1) is 0 Å². The maximum absolute atomic E-state index is 9.00. The molecule has 0 rings (SSSR count). The maximum Gasteiger partial charge on any atom is 0.309 e. The lowest BCUT2D eigenvalue weighted by Crippen LogP contribution is -2.18. The van der Waals surface area contributed by atoms with Crippen molar-refractivity contribution in [3.8, 4) is 0 Å². The van der Waals surface area contributed by atoms with Crippen LogP contribution in [0.25, 0.3) is 0 Å². The molecule has 10 heavy (non-hydrogen) atoms. The number of nitrogens with two attached hydrogens (primary N) is 3. The third-order valence-corrected chi connectivity index (χ3v) is 0.439. The summed E-state index contributed by atoms with van der Waals surface area (Å²) in [6, 6.07) is -0.833. The van der Waals surface area contributed by atoms with E-state index in [9.17, 15) is 0 Å².